The number of aliphatic hydroxyl groups is 1. The Kier molecular flexibility index (Phi) is 3.90. The lowest BCUT2D eigenvalue weighted by Gasteiger charge is -2.12. The van der Waals surface area contributed by atoms with Gasteiger partial charge in [-0.2, -0.15) is 5.26 Å². The van der Waals surface area contributed by atoms with Gasteiger partial charge in [-0.15, -0.1) is 0 Å². The number of rotatable bonds is 4. The highest BCUT2D eigenvalue weighted by Crippen LogP contribution is 2.15. The van der Waals surface area contributed by atoms with E-state index >= 15 is 0 Å². The molecule has 0 spiro atoms. The molecule has 2 aromatic rings. The predicted molar refractivity (Wildman–Crippen MR) is 71.1 cm³/mol. The molecular weight excluding hydrogens is 242 g/mol. The van der Waals surface area contributed by atoms with Crippen molar-refractivity contribution in [2.24, 2.45) is 0 Å². The summed E-state index contributed by atoms with van der Waals surface area (Å²) in [5, 5.41) is 21.6. The Morgan fingerprint density at radius 1 is 1.32 bits per heavy atom. The zero-order valence-electron chi connectivity index (χ0n) is 10.1. The monoisotopic (exact) mass is 255 g/mol. The number of nitrogens with two attached hydrogens (primary N) is 1. The van der Waals surface area contributed by atoms with Crippen LogP contribution in [0.15, 0.2) is 36.5 Å². The van der Waals surface area contributed by atoms with Crippen LogP contribution in [0.25, 0.3) is 0 Å². The molecule has 96 valence electrons. The quantitative estimate of drug-likeness (QED) is 0.705. The second-order valence-corrected chi connectivity index (χ2v) is 3.94. The highest BCUT2D eigenvalue weighted by Gasteiger charge is 2.08. The third kappa shape index (κ3) is 3.40. The molecule has 6 heteroatoms. The van der Waals surface area contributed by atoms with Crippen LogP contribution in [-0.2, 0) is 0 Å². The van der Waals surface area contributed by atoms with E-state index in [1.807, 2.05) is 6.07 Å². The normalized spacial score (nSPS) is 11.6. The third-order valence-corrected chi connectivity index (χ3v) is 2.54. The number of aromatic nitrogens is 2. The standard InChI is InChI=1S/C13H13N5O/c14-7-11-5-6-16-13(18-11)17-8-12(19)9-1-3-10(15)4-2-9/h1-6,12,19H,8,15H2,(H,16,17,18). The molecule has 0 aliphatic carbocycles. The molecule has 1 aromatic heterocycles. The van der Waals surface area contributed by atoms with Crippen LogP contribution < -0.4 is 11.1 Å². The summed E-state index contributed by atoms with van der Waals surface area (Å²) in [6.45, 7) is 0.249. The zero-order chi connectivity index (χ0) is 13.7. The Morgan fingerprint density at radius 3 is 2.74 bits per heavy atom. The van der Waals surface area contributed by atoms with Crippen LogP contribution in [0.4, 0.5) is 11.6 Å². The molecule has 1 aromatic carbocycles. The summed E-state index contributed by atoms with van der Waals surface area (Å²) in [6, 6.07) is 10.4. The van der Waals surface area contributed by atoms with Gasteiger partial charge in [-0.25, -0.2) is 9.97 Å². The molecule has 1 unspecified atom stereocenters. The molecule has 4 N–H and O–H groups in total. The summed E-state index contributed by atoms with van der Waals surface area (Å²) in [4.78, 5) is 7.92. The minimum atomic E-state index is -0.699. The van der Waals surface area contributed by atoms with Gasteiger partial charge in [0.05, 0.1) is 6.10 Å². The lowest BCUT2D eigenvalue weighted by atomic mass is 10.1. The largest absolute Gasteiger partial charge is 0.399 e. The number of nitriles is 1. The van der Waals surface area contributed by atoms with Gasteiger partial charge in [0.1, 0.15) is 11.8 Å². The van der Waals surface area contributed by atoms with Crippen LogP contribution in [0, 0.1) is 11.3 Å². The molecule has 0 saturated heterocycles. The number of nitrogens with one attached hydrogen (secondary N) is 1. The van der Waals surface area contributed by atoms with E-state index in [4.69, 9.17) is 11.0 Å². The van der Waals surface area contributed by atoms with Gasteiger partial charge >= 0.3 is 0 Å². The molecule has 1 atom stereocenters. The summed E-state index contributed by atoms with van der Waals surface area (Å²) in [7, 11) is 0. The van der Waals surface area contributed by atoms with Crippen molar-refractivity contribution in [2.45, 2.75) is 6.10 Å². The molecular formula is C13H13N5O. The lowest BCUT2D eigenvalue weighted by Crippen LogP contribution is -2.14. The number of nitrogen functional groups attached to an aromatic ring is 1. The summed E-state index contributed by atoms with van der Waals surface area (Å²) in [6.07, 6.45) is 0.790. The molecule has 0 aliphatic heterocycles. The summed E-state index contributed by atoms with van der Waals surface area (Å²) in [5.74, 6) is 0.313. The molecule has 0 aliphatic rings. The third-order valence-electron chi connectivity index (χ3n) is 2.54. The number of nitrogens with zero attached hydrogens (tertiary/aromatic N) is 3. The fourth-order valence-corrected chi connectivity index (χ4v) is 1.53. The molecule has 0 radical (unpaired) electrons. The van der Waals surface area contributed by atoms with Crippen molar-refractivity contribution in [3.05, 3.63) is 47.8 Å². The van der Waals surface area contributed by atoms with Crippen LogP contribution >= 0.6 is 0 Å². The van der Waals surface area contributed by atoms with Gasteiger partial charge in [0.15, 0.2) is 0 Å². The smallest absolute Gasteiger partial charge is 0.223 e. The number of hydrogen-bond donors (Lipinski definition) is 3. The van der Waals surface area contributed by atoms with E-state index in [0.717, 1.165) is 5.56 Å². The van der Waals surface area contributed by atoms with Crippen molar-refractivity contribution < 1.29 is 5.11 Å². The first-order valence-corrected chi connectivity index (χ1v) is 5.69. The minimum absolute atomic E-state index is 0.249. The van der Waals surface area contributed by atoms with E-state index in [1.54, 1.807) is 24.3 Å². The Morgan fingerprint density at radius 2 is 2.05 bits per heavy atom. The van der Waals surface area contributed by atoms with Crippen molar-refractivity contribution in [3.8, 4) is 6.07 Å². The highest BCUT2D eigenvalue weighted by atomic mass is 16.3. The second-order valence-electron chi connectivity index (χ2n) is 3.94. The number of hydrogen-bond acceptors (Lipinski definition) is 6. The summed E-state index contributed by atoms with van der Waals surface area (Å²) >= 11 is 0. The highest BCUT2D eigenvalue weighted by molar-refractivity contribution is 5.40. The van der Waals surface area contributed by atoms with Crippen LogP contribution in [0.2, 0.25) is 0 Å². The van der Waals surface area contributed by atoms with Crippen molar-refractivity contribution >= 4 is 11.6 Å². The van der Waals surface area contributed by atoms with E-state index in [0.29, 0.717) is 11.6 Å². The molecule has 6 nitrogen and oxygen atoms in total. The molecule has 0 fully saturated rings. The van der Waals surface area contributed by atoms with E-state index < -0.39 is 6.10 Å². The van der Waals surface area contributed by atoms with Gasteiger partial charge in [-0.1, -0.05) is 12.1 Å². The second kappa shape index (κ2) is 5.80. The van der Waals surface area contributed by atoms with Crippen LogP contribution in [0.3, 0.4) is 0 Å². The van der Waals surface area contributed by atoms with Crippen molar-refractivity contribution in [3.63, 3.8) is 0 Å². The summed E-state index contributed by atoms with van der Waals surface area (Å²) in [5.41, 5.74) is 7.25. The van der Waals surface area contributed by atoms with E-state index in [1.165, 1.54) is 12.3 Å². The predicted octanol–water partition coefficient (Wildman–Crippen LogP) is 1.08. The maximum absolute atomic E-state index is 9.98. The Hall–Kier alpha value is -2.65. The molecule has 0 saturated carbocycles. The van der Waals surface area contributed by atoms with Gasteiger partial charge in [-0.05, 0) is 23.8 Å². The van der Waals surface area contributed by atoms with Gasteiger partial charge in [0, 0.05) is 18.4 Å². The number of aliphatic hydroxyl groups excluding tert-OH is 1. The Labute approximate surface area is 110 Å². The molecule has 0 amide bonds. The molecule has 2 rings (SSSR count). The minimum Gasteiger partial charge on any atom is -0.399 e. The first kappa shape index (κ1) is 12.8. The SMILES string of the molecule is N#Cc1ccnc(NCC(O)c2ccc(N)cc2)n1. The van der Waals surface area contributed by atoms with Crippen molar-refractivity contribution in [1.82, 2.24) is 9.97 Å². The molecule has 0 bridgehead atoms. The van der Waals surface area contributed by atoms with Gasteiger partial charge < -0.3 is 16.2 Å². The van der Waals surface area contributed by atoms with Crippen LogP contribution in [0.1, 0.15) is 17.4 Å². The summed E-state index contributed by atoms with van der Waals surface area (Å²) < 4.78 is 0. The lowest BCUT2D eigenvalue weighted by molar-refractivity contribution is 0.191. The average molecular weight is 255 g/mol. The maximum atomic E-state index is 9.98. The van der Waals surface area contributed by atoms with Crippen molar-refractivity contribution in [2.75, 3.05) is 17.6 Å². The Balaban J connectivity index is 1.98. The number of anilines is 2. The fraction of sp³-hybridized carbons (Fsp3) is 0.154. The Bertz CT molecular complexity index is 591. The maximum Gasteiger partial charge on any atom is 0.223 e. The zero-order valence-corrected chi connectivity index (χ0v) is 10.1. The molecule has 19 heavy (non-hydrogen) atoms. The topological polar surface area (TPSA) is 108 Å². The van der Waals surface area contributed by atoms with Gasteiger partial charge in [0.2, 0.25) is 5.95 Å². The van der Waals surface area contributed by atoms with Crippen LogP contribution in [0.5, 0.6) is 0 Å². The van der Waals surface area contributed by atoms with E-state index in [2.05, 4.69) is 15.3 Å². The van der Waals surface area contributed by atoms with E-state index in [9.17, 15) is 5.11 Å². The van der Waals surface area contributed by atoms with Crippen LogP contribution in [-0.4, -0.2) is 21.6 Å². The molecule has 1 heterocycles. The first-order chi connectivity index (χ1) is 9.19. The van der Waals surface area contributed by atoms with Gasteiger partial charge in [0.25, 0.3) is 0 Å². The fourth-order valence-electron chi connectivity index (χ4n) is 1.53. The average Bonchev–Trinajstić information content (AvgIpc) is 2.46. The van der Waals surface area contributed by atoms with E-state index in [-0.39, 0.29) is 12.2 Å². The van der Waals surface area contributed by atoms with Gasteiger partial charge in [-0.3, -0.25) is 0 Å². The van der Waals surface area contributed by atoms with Crippen molar-refractivity contribution in [1.29, 1.82) is 5.26 Å². The first-order valence-electron chi connectivity index (χ1n) is 5.69. The number of benzene rings is 1.